The molecule has 0 spiro atoms. The topological polar surface area (TPSA) is 0 Å². The van der Waals surface area contributed by atoms with Crippen molar-refractivity contribution in [2.24, 2.45) is 10.8 Å². The van der Waals surface area contributed by atoms with Crippen LogP contribution in [0, 0.1) is 10.8 Å². The molecule has 0 aromatic heterocycles. The summed E-state index contributed by atoms with van der Waals surface area (Å²) in [6.07, 6.45) is 7.39. The minimum absolute atomic E-state index is 0.189. The van der Waals surface area contributed by atoms with E-state index in [4.69, 9.17) is 0 Å². The van der Waals surface area contributed by atoms with Gasteiger partial charge in [-0.1, -0.05) is 52.3 Å². The molecule has 0 unspecified atom stereocenters. The van der Waals surface area contributed by atoms with Crippen LogP contribution in [0.4, 0.5) is 0 Å². The summed E-state index contributed by atoms with van der Waals surface area (Å²) in [5, 5.41) is 0. The Morgan fingerprint density at radius 3 is 2.06 bits per heavy atom. The van der Waals surface area contributed by atoms with Gasteiger partial charge in [-0.2, -0.15) is 0 Å². The number of hydrogen-bond acceptors (Lipinski definition) is 0. The molecule has 0 heterocycles. The molecule has 0 N–H and O–H groups in total. The van der Waals surface area contributed by atoms with Gasteiger partial charge in [-0.05, 0) is 42.3 Å². The Balaban J connectivity index is 2.80. The first-order valence-electron chi connectivity index (χ1n) is 6.19. The monoisotopic (exact) mass is 238 g/mol. The molecule has 0 radical (unpaired) electrons. The average molecular weight is 238 g/mol. The molecule has 1 aliphatic rings. The van der Waals surface area contributed by atoms with Crippen LogP contribution in [0.5, 0.6) is 0 Å². The van der Waals surface area contributed by atoms with Gasteiger partial charge in [0.05, 0.1) is 0 Å². The van der Waals surface area contributed by atoms with Gasteiger partial charge in [0.1, 0.15) is 0 Å². The third-order valence-corrected chi connectivity index (χ3v) is 4.74. The van der Waals surface area contributed by atoms with Gasteiger partial charge in [-0.15, -0.1) is 7.92 Å². The Bertz CT molecular complexity index is 311. The van der Waals surface area contributed by atoms with Crippen molar-refractivity contribution in [3.05, 3.63) is 23.3 Å². The van der Waals surface area contributed by atoms with Crippen LogP contribution in [0.15, 0.2) is 23.3 Å². The smallest absolute Gasteiger partial charge is 0.00993 e. The van der Waals surface area contributed by atoms with Crippen molar-refractivity contribution in [1.82, 2.24) is 0 Å². The number of allylic oxidation sites excluding steroid dienone is 4. The maximum Gasteiger partial charge on any atom is -0.00993 e. The molecule has 0 aromatic carbocycles. The summed E-state index contributed by atoms with van der Waals surface area (Å²) in [6.45, 7) is 16.5. The van der Waals surface area contributed by atoms with E-state index in [0.29, 0.717) is 10.8 Å². The van der Waals surface area contributed by atoms with Crippen molar-refractivity contribution in [2.45, 2.75) is 41.0 Å². The average Bonchev–Trinajstić information content (AvgIpc) is 2.47. The Kier molecular flexibility index (Phi) is 4.06. The van der Waals surface area contributed by atoms with Gasteiger partial charge in [-0.3, -0.25) is 0 Å². The zero-order valence-electron chi connectivity index (χ0n) is 12.0. The van der Waals surface area contributed by atoms with Crippen molar-refractivity contribution in [2.75, 3.05) is 19.5 Å². The first-order chi connectivity index (χ1) is 7.13. The van der Waals surface area contributed by atoms with E-state index >= 15 is 0 Å². The Morgan fingerprint density at radius 2 is 1.69 bits per heavy atom. The summed E-state index contributed by atoms with van der Waals surface area (Å²) >= 11 is 0. The maximum atomic E-state index is 2.46. The zero-order valence-corrected chi connectivity index (χ0v) is 12.9. The number of hydrogen-bond donors (Lipinski definition) is 0. The quantitative estimate of drug-likeness (QED) is 0.603. The minimum Gasteiger partial charge on any atom is -0.112 e. The molecule has 0 nitrogen and oxygen atoms in total. The summed E-state index contributed by atoms with van der Waals surface area (Å²) < 4.78 is 0. The van der Waals surface area contributed by atoms with Gasteiger partial charge in [0.2, 0.25) is 0 Å². The van der Waals surface area contributed by atoms with Gasteiger partial charge < -0.3 is 0 Å². The highest BCUT2D eigenvalue weighted by Gasteiger charge is 2.28. The van der Waals surface area contributed by atoms with Crippen molar-refractivity contribution in [3.8, 4) is 0 Å². The van der Waals surface area contributed by atoms with Crippen LogP contribution in [0.25, 0.3) is 0 Å². The van der Waals surface area contributed by atoms with Gasteiger partial charge in [0, 0.05) is 0 Å². The summed E-state index contributed by atoms with van der Waals surface area (Å²) in [4.78, 5) is 0. The van der Waals surface area contributed by atoms with E-state index in [1.165, 1.54) is 18.2 Å². The van der Waals surface area contributed by atoms with Crippen LogP contribution in [0.3, 0.4) is 0 Å². The second-order valence-corrected chi connectivity index (χ2v) is 9.38. The van der Waals surface area contributed by atoms with Crippen LogP contribution >= 0.6 is 7.92 Å². The van der Waals surface area contributed by atoms with Gasteiger partial charge in [0.15, 0.2) is 0 Å². The number of rotatable bonds is 3. The predicted molar refractivity (Wildman–Crippen MR) is 77.7 cm³/mol. The standard InChI is InChI=1S/C15H27P/c1-14(2,3)12-8-9-13(10-12)15(4,5)11-16(6)7/h8,10H,9,11H2,1-7H3. The normalized spacial score (nSPS) is 17.8. The first kappa shape index (κ1) is 14.0. The lowest BCUT2D eigenvalue weighted by Gasteiger charge is -2.29. The fourth-order valence-corrected chi connectivity index (χ4v) is 4.20. The molecule has 1 heteroatoms. The van der Waals surface area contributed by atoms with Crippen LogP contribution in [0.2, 0.25) is 0 Å². The van der Waals surface area contributed by atoms with E-state index in [1.807, 2.05) is 0 Å². The molecule has 0 aliphatic heterocycles. The highest BCUT2D eigenvalue weighted by atomic mass is 31.1. The molecule has 16 heavy (non-hydrogen) atoms. The lowest BCUT2D eigenvalue weighted by Crippen LogP contribution is -2.18. The largest absolute Gasteiger partial charge is 0.112 e. The highest BCUT2D eigenvalue weighted by Crippen LogP contribution is 2.44. The van der Waals surface area contributed by atoms with Gasteiger partial charge in [0.25, 0.3) is 0 Å². The van der Waals surface area contributed by atoms with E-state index in [2.05, 4.69) is 60.1 Å². The molecule has 0 fully saturated rings. The fourth-order valence-electron chi connectivity index (χ4n) is 2.41. The van der Waals surface area contributed by atoms with E-state index in [1.54, 1.807) is 5.57 Å². The van der Waals surface area contributed by atoms with Crippen molar-refractivity contribution in [1.29, 1.82) is 0 Å². The SMILES string of the molecule is CP(C)CC(C)(C)C1=CC(C(C)(C)C)=CC1. The maximum absolute atomic E-state index is 2.46. The molecule has 0 saturated carbocycles. The highest BCUT2D eigenvalue weighted by molar-refractivity contribution is 7.56. The van der Waals surface area contributed by atoms with Crippen LogP contribution in [-0.4, -0.2) is 19.5 Å². The van der Waals surface area contributed by atoms with Gasteiger partial charge in [-0.25, -0.2) is 0 Å². The molecule has 0 bridgehead atoms. The predicted octanol–water partition coefficient (Wildman–Crippen LogP) is 5.06. The molecule has 0 atom stereocenters. The van der Waals surface area contributed by atoms with E-state index < -0.39 is 0 Å². The summed E-state index contributed by atoms with van der Waals surface area (Å²) in [5.41, 5.74) is 3.85. The molecular weight excluding hydrogens is 211 g/mol. The zero-order chi connectivity index (χ0) is 12.6. The third-order valence-electron chi connectivity index (χ3n) is 3.32. The minimum atomic E-state index is 0.189. The second kappa shape index (κ2) is 4.65. The third kappa shape index (κ3) is 3.45. The van der Waals surface area contributed by atoms with Crippen molar-refractivity contribution in [3.63, 3.8) is 0 Å². The Morgan fingerprint density at radius 1 is 1.12 bits per heavy atom. The van der Waals surface area contributed by atoms with Crippen molar-refractivity contribution >= 4 is 7.92 Å². The summed E-state index contributed by atoms with van der Waals surface area (Å²) in [5.74, 6) is 0. The van der Waals surface area contributed by atoms with Crippen LogP contribution < -0.4 is 0 Å². The molecular formula is C15H27P. The van der Waals surface area contributed by atoms with Crippen LogP contribution in [-0.2, 0) is 0 Å². The van der Waals surface area contributed by atoms with E-state index in [-0.39, 0.29) is 7.92 Å². The molecule has 92 valence electrons. The van der Waals surface area contributed by atoms with Gasteiger partial charge >= 0.3 is 0 Å². The molecule has 0 saturated heterocycles. The summed E-state index contributed by atoms with van der Waals surface area (Å²) in [6, 6.07) is 0. The second-order valence-electron chi connectivity index (χ2n) is 6.90. The van der Waals surface area contributed by atoms with Crippen molar-refractivity contribution < 1.29 is 0 Å². The lowest BCUT2D eigenvalue weighted by molar-refractivity contribution is 0.501. The van der Waals surface area contributed by atoms with E-state index in [9.17, 15) is 0 Å². The summed E-state index contributed by atoms with van der Waals surface area (Å²) in [7, 11) is 0.189. The first-order valence-corrected chi connectivity index (χ1v) is 8.61. The molecule has 1 rings (SSSR count). The molecule has 0 amide bonds. The molecule has 1 aliphatic carbocycles. The fraction of sp³-hybridized carbons (Fsp3) is 0.733. The lowest BCUT2D eigenvalue weighted by atomic mass is 9.83. The van der Waals surface area contributed by atoms with E-state index in [0.717, 1.165) is 0 Å². The molecule has 0 aromatic rings. The Hall–Kier alpha value is -0.0900. The Labute approximate surface area is 103 Å². The van der Waals surface area contributed by atoms with Crippen LogP contribution in [0.1, 0.15) is 41.0 Å².